The largest absolute Gasteiger partial charge is 0.493 e. The van der Waals surface area contributed by atoms with Gasteiger partial charge in [0.15, 0.2) is 17.3 Å². The molecule has 0 spiro atoms. The van der Waals surface area contributed by atoms with E-state index in [1.807, 2.05) is 25.1 Å². The summed E-state index contributed by atoms with van der Waals surface area (Å²) in [6.45, 7) is 4.65. The van der Waals surface area contributed by atoms with Crippen LogP contribution in [0.3, 0.4) is 0 Å². The lowest BCUT2D eigenvalue weighted by molar-refractivity contribution is 0.239. The average Bonchev–Trinajstić information content (AvgIpc) is 2.74. The highest BCUT2D eigenvalue weighted by molar-refractivity contribution is 5.47. The Labute approximate surface area is 168 Å². The van der Waals surface area contributed by atoms with Gasteiger partial charge in [0.1, 0.15) is 5.69 Å². The van der Waals surface area contributed by atoms with E-state index in [2.05, 4.69) is 24.8 Å². The van der Waals surface area contributed by atoms with Crippen molar-refractivity contribution in [2.24, 2.45) is 0 Å². The van der Waals surface area contributed by atoms with Gasteiger partial charge < -0.3 is 14.5 Å². The number of fused-ring (bicyclic) bond motifs is 1. The number of hydrogen-bond acceptors (Lipinski definition) is 7. The number of aromatic nitrogens is 4. The molecule has 1 aliphatic rings. The van der Waals surface area contributed by atoms with Gasteiger partial charge in [-0.15, -0.1) is 0 Å². The Balaban J connectivity index is 1.56. The van der Waals surface area contributed by atoms with Gasteiger partial charge in [-0.3, -0.25) is 14.7 Å². The highest BCUT2D eigenvalue weighted by atomic mass is 16.5. The van der Waals surface area contributed by atoms with Crippen LogP contribution in [-0.2, 0) is 19.5 Å². The number of nitrogens with one attached hydrogen (secondary N) is 1. The molecule has 0 aliphatic carbocycles. The van der Waals surface area contributed by atoms with Crippen LogP contribution in [0.15, 0.2) is 41.6 Å². The van der Waals surface area contributed by atoms with Crippen LogP contribution in [0.4, 0.5) is 0 Å². The zero-order chi connectivity index (χ0) is 20.2. The van der Waals surface area contributed by atoms with E-state index in [9.17, 15) is 4.79 Å². The minimum absolute atomic E-state index is 0.0987. The van der Waals surface area contributed by atoms with E-state index in [0.29, 0.717) is 31.1 Å². The molecule has 0 fully saturated rings. The quantitative estimate of drug-likeness (QED) is 0.686. The number of nitrogens with zero attached hydrogens (tertiary/aromatic N) is 4. The molecule has 29 heavy (non-hydrogen) atoms. The Kier molecular flexibility index (Phi) is 5.53. The van der Waals surface area contributed by atoms with Crippen LogP contribution in [0.1, 0.15) is 23.7 Å². The molecule has 3 heterocycles. The van der Waals surface area contributed by atoms with Gasteiger partial charge in [-0.05, 0) is 31.0 Å². The van der Waals surface area contributed by atoms with Crippen LogP contribution in [0, 0.1) is 0 Å². The Morgan fingerprint density at radius 1 is 1.24 bits per heavy atom. The molecule has 0 unspecified atom stereocenters. The molecule has 3 aromatic rings. The Bertz CT molecular complexity index is 1050. The smallest absolute Gasteiger partial charge is 0.254 e. The molecule has 0 saturated heterocycles. The Morgan fingerprint density at radius 3 is 2.90 bits per heavy atom. The zero-order valence-corrected chi connectivity index (χ0v) is 16.5. The van der Waals surface area contributed by atoms with E-state index in [0.717, 1.165) is 41.4 Å². The molecule has 0 atom stereocenters. The van der Waals surface area contributed by atoms with Crippen LogP contribution in [-0.4, -0.2) is 45.1 Å². The van der Waals surface area contributed by atoms with Crippen molar-refractivity contribution >= 4 is 0 Å². The molecular formula is C21H23N5O3. The molecule has 1 aromatic carbocycles. The van der Waals surface area contributed by atoms with Gasteiger partial charge >= 0.3 is 0 Å². The van der Waals surface area contributed by atoms with E-state index >= 15 is 0 Å². The summed E-state index contributed by atoms with van der Waals surface area (Å²) in [5.41, 5.74) is 3.12. The van der Waals surface area contributed by atoms with E-state index in [-0.39, 0.29) is 5.56 Å². The molecule has 8 heteroatoms. The Hall–Kier alpha value is -3.26. The number of aromatic amines is 1. The van der Waals surface area contributed by atoms with Crippen LogP contribution in [0.2, 0.25) is 0 Å². The van der Waals surface area contributed by atoms with Gasteiger partial charge in [-0.2, -0.15) is 0 Å². The van der Waals surface area contributed by atoms with Gasteiger partial charge in [0.05, 0.1) is 25.6 Å². The molecule has 4 rings (SSSR count). The summed E-state index contributed by atoms with van der Waals surface area (Å²) in [4.78, 5) is 30.6. The first kappa shape index (κ1) is 19.1. The third-order valence-electron chi connectivity index (χ3n) is 4.89. The lowest BCUT2D eigenvalue weighted by Crippen LogP contribution is -2.35. The predicted molar refractivity (Wildman–Crippen MR) is 108 cm³/mol. The van der Waals surface area contributed by atoms with Gasteiger partial charge in [-0.25, -0.2) is 9.97 Å². The number of benzene rings is 1. The van der Waals surface area contributed by atoms with Gasteiger partial charge in [0.2, 0.25) is 0 Å². The molecule has 0 amide bonds. The number of H-pyrrole nitrogens is 1. The van der Waals surface area contributed by atoms with Crippen LogP contribution < -0.4 is 15.0 Å². The fourth-order valence-electron chi connectivity index (χ4n) is 3.52. The molecule has 0 radical (unpaired) electrons. The summed E-state index contributed by atoms with van der Waals surface area (Å²) in [5, 5.41) is 0. The SMILES string of the molecule is CCOc1cc(CN2CCc3c(nc(-c4cnccn4)[nH]c3=O)C2)ccc1OC. The third-order valence-corrected chi connectivity index (χ3v) is 4.89. The number of ether oxygens (including phenoxy) is 2. The zero-order valence-electron chi connectivity index (χ0n) is 16.5. The summed E-state index contributed by atoms with van der Waals surface area (Å²) < 4.78 is 11.0. The number of methoxy groups -OCH3 is 1. The second-order valence-corrected chi connectivity index (χ2v) is 6.81. The maximum Gasteiger partial charge on any atom is 0.254 e. The fraction of sp³-hybridized carbons (Fsp3) is 0.333. The van der Waals surface area contributed by atoms with Crippen LogP contribution in [0.25, 0.3) is 11.5 Å². The minimum atomic E-state index is -0.0987. The van der Waals surface area contributed by atoms with Gasteiger partial charge in [0.25, 0.3) is 5.56 Å². The van der Waals surface area contributed by atoms with Crippen molar-refractivity contribution in [3.63, 3.8) is 0 Å². The van der Waals surface area contributed by atoms with Gasteiger partial charge in [-0.1, -0.05) is 6.07 Å². The average molecular weight is 393 g/mol. The van der Waals surface area contributed by atoms with Crippen molar-refractivity contribution in [3.8, 4) is 23.0 Å². The molecule has 1 aliphatic heterocycles. The predicted octanol–water partition coefficient (Wildman–Crippen LogP) is 2.19. The number of hydrogen-bond donors (Lipinski definition) is 1. The second kappa shape index (κ2) is 8.40. The lowest BCUT2D eigenvalue weighted by Gasteiger charge is -2.28. The highest BCUT2D eigenvalue weighted by Gasteiger charge is 2.22. The second-order valence-electron chi connectivity index (χ2n) is 6.81. The summed E-state index contributed by atoms with van der Waals surface area (Å²) in [5.74, 6) is 1.91. The standard InChI is InChI=1S/C21H23N5O3/c1-3-29-19-10-14(4-5-18(19)28-2)12-26-9-6-15-17(13-26)24-20(25-21(15)27)16-11-22-7-8-23-16/h4-5,7-8,10-11H,3,6,9,12-13H2,1-2H3,(H,24,25,27). The molecule has 0 bridgehead atoms. The first-order valence-corrected chi connectivity index (χ1v) is 9.58. The van der Waals surface area contributed by atoms with E-state index in [1.165, 1.54) is 0 Å². The van der Waals surface area contributed by atoms with Crippen molar-refractivity contribution in [1.29, 1.82) is 0 Å². The van der Waals surface area contributed by atoms with Crippen molar-refractivity contribution < 1.29 is 9.47 Å². The highest BCUT2D eigenvalue weighted by Crippen LogP contribution is 2.29. The maximum atomic E-state index is 12.5. The molecule has 150 valence electrons. The van der Waals surface area contributed by atoms with E-state index < -0.39 is 0 Å². The van der Waals surface area contributed by atoms with E-state index in [4.69, 9.17) is 9.47 Å². The summed E-state index contributed by atoms with van der Waals surface area (Å²) in [7, 11) is 1.64. The maximum absolute atomic E-state index is 12.5. The van der Waals surface area contributed by atoms with Crippen molar-refractivity contribution in [3.05, 3.63) is 64.0 Å². The minimum Gasteiger partial charge on any atom is -0.493 e. The normalized spacial score (nSPS) is 13.7. The summed E-state index contributed by atoms with van der Waals surface area (Å²) >= 11 is 0. The number of rotatable bonds is 6. The molecule has 0 saturated carbocycles. The lowest BCUT2D eigenvalue weighted by atomic mass is 10.1. The fourth-order valence-corrected chi connectivity index (χ4v) is 3.52. The molecule has 8 nitrogen and oxygen atoms in total. The topological polar surface area (TPSA) is 93.2 Å². The molecular weight excluding hydrogens is 370 g/mol. The summed E-state index contributed by atoms with van der Waals surface area (Å²) in [6.07, 6.45) is 5.43. The van der Waals surface area contributed by atoms with Crippen LogP contribution in [0.5, 0.6) is 11.5 Å². The first-order valence-electron chi connectivity index (χ1n) is 9.58. The van der Waals surface area contributed by atoms with Crippen molar-refractivity contribution in [2.75, 3.05) is 20.3 Å². The Morgan fingerprint density at radius 2 is 2.14 bits per heavy atom. The molecule has 1 N–H and O–H groups in total. The van der Waals surface area contributed by atoms with Crippen molar-refractivity contribution in [1.82, 2.24) is 24.8 Å². The summed E-state index contributed by atoms with van der Waals surface area (Å²) in [6, 6.07) is 5.97. The van der Waals surface area contributed by atoms with Gasteiger partial charge in [0, 0.05) is 37.6 Å². The third kappa shape index (κ3) is 4.12. The van der Waals surface area contributed by atoms with Crippen LogP contribution >= 0.6 is 0 Å². The van der Waals surface area contributed by atoms with Crippen molar-refractivity contribution in [2.45, 2.75) is 26.4 Å². The first-order chi connectivity index (χ1) is 14.2. The monoisotopic (exact) mass is 393 g/mol. The molecule has 2 aromatic heterocycles. The van der Waals surface area contributed by atoms with E-state index in [1.54, 1.807) is 25.7 Å².